The third-order valence-electron chi connectivity index (χ3n) is 4.47. The van der Waals surface area contributed by atoms with Crippen molar-refractivity contribution >= 4 is 53.4 Å². The monoisotopic (exact) mass is 447 g/mol. The Labute approximate surface area is 174 Å². The number of rotatable bonds is 5. The minimum Gasteiger partial charge on any atom is -0.301 e. The van der Waals surface area contributed by atoms with Crippen LogP contribution in [-0.2, 0) is 14.8 Å². The van der Waals surface area contributed by atoms with E-state index < -0.39 is 34.1 Å². The van der Waals surface area contributed by atoms with Gasteiger partial charge in [-0.15, -0.1) is 0 Å². The topological polar surface area (TPSA) is 79.4 Å². The Bertz CT molecular complexity index is 1350. The van der Waals surface area contributed by atoms with E-state index in [2.05, 4.69) is 10.3 Å². The predicted octanol–water partition coefficient (Wildman–Crippen LogP) is 3.99. The second-order valence-corrected chi connectivity index (χ2v) is 9.65. The van der Waals surface area contributed by atoms with Gasteiger partial charge in [0.05, 0.1) is 21.7 Å². The molecule has 0 fully saturated rings. The number of fused-ring (bicyclic) bond motifs is 2. The molecule has 0 unspecified atom stereocenters. The van der Waals surface area contributed by atoms with Gasteiger partial charge in [-0.05, 0) is 29.0 Å². The highest BCUT2D eigenvalue weighted by Gasteiger charge is 2.24. The van der Waals surface area contributed by atoms with Crippen molar-refractivity contribution in [1.29, 1.82) is 0 Å². The van der Waals surface area contributed by atoms with Crippen LogP contribution in [0.3, 0.4) is 0 Å². The lowest BCUT2D eigenvalue weighted by Gasteiger charge is -2.16. The van der Waals surface area contributed by atoms with E-state index in [1.807, 2.05) is 18.2 Å². The van der Waals surface area contributed by atoms with E-state index in [9.17, 15) is 22.0 Å². The summed E-state index contributed by atoms with van der Waals surface area (Å²) in [6, 6.07) is 14.0. The molecule has 0 saturated heterocycles. The first-order chi connectivity index (χ1) is 14.2. The van der Waals surface area contributed by atoms with Crippen LogP contribution in [0.5, 0.6) is 0 Å². The zero-order valence-electron chi connectivity index (χ0n) is 15.6. The summed E-state index contributed by atoms with van der Waals surface area (Å²) >= 11 is 0.963. The van der Waals surface area contributed by atoms with Gasteiger partial charge in [0.1, 0.15) is 0 Å². The lowest BCUT2D eigenvalue weighted by molar-refractivity contribution is -0.116. The van der Waals surface area contributed by atoms with Crippen LogP contribution in [0.1, 0.15) is 0 Å². The quantitative estimate of drug-likeness (QED) is 0.502. The van der Waals surface area contributed by atoms with E-state index in [0.717, 1.165) is 38.5 Å². The van der Waals surface area contributed by atoms with Crippen LogP contribution in [0.4, 0.5) is 13.9 Å². The number of carbonyl (C=O) groups excluding carboxylic acids is 1. The van der Waals surface area contributed by atoms with Crippen LogP contribution in [0.25, 0.3) is 21.0 Å². The molecule has 0 aliphatic heterocycles. The fourth-order valence-electron chi connectivity index (χ4n) is 2.93. The number of likely N-dealkylation sites (N-methyl/N-ethyl adjacent to an activating group) is 1. The van der Waals surface area contributed by atoms with Crippen molar-refractivity contribution in [2.24, 2.45) is 0 Å². The SMILES string of the molecule is CN(CC(=O)Nc1nc2cc(F)c(F)cc2s1)S(=O)(=O)c1ccc2ccccc2c1. The smallest absolute Gasteiger partial charge is 0.243 e. The molecule has 1 N–H and O–H groups in total. The van der Waals surface area contributed by atoms with Crippen molar-refractivity contribution in [3.8, 4) is 0 Å². The van der Waals surface area contributed by atoms with Gasteiger partial charge < -0.3 is 5.32 Å². The highest BCUT2D eigenvalue weighted by atomic mass is 32.2. The molecule has 1 amide bonds. The van der Waals surface area contributed by atoms with Gasteiger partial charge in [0.25, 0.3) is 0 Å². The molecule has 0 spiro atoms. The fraction of sp³-hybridized carbons (Fsp3) is 0.100. The maximum Gasteiger partial charge on any atom is 0.243 e. The Kier molecular flexibility index (Phi) is 5.22. The molecule has 154 valence electrons. The summed E-state index contributed by atoms with van der Waals surface area (Å²) in [4.78, 5) is 16.4. The van der Waals surface area contributed by atoms with Gasteiger partial charge in [-0.2, -0.15) is 4.31 Å². The predicted molar refractivity (Wildman–Crippen MR) is 112 cm³/mol. The number of nitrogens with one attached hydrogen (secondary N) is 1. The van der Waals surface area contributed by atoms with E-state index in [4.69, 9.17) is 0 Å². The molecule has 4 aromatic rings. The molecule has 1 aromatic heterocycles. The molecule has 0 radical (unpaired) electrons. The molecule has 10 heteroatoms. The Hall–Kier alpha value is -2.95. The van der Waals surface area contributed by atoms with Crippen LogP contribution in [0, 0.1) is 11.6 Å². The van der Waals surface area contributed by atoms with E-state index in [0.29, 0.717) is 4.70 Å². The first-order valence-corrected chi connectivity index (χ1v) is 11.0. The number of benzene rings is 3. The lowest BCUT2D eigenvalue weighted by Crippen LogP contribution is -2.34. The van der Waals surface area contributed by atoms with Crippen molar-refractivity contribution in [2.45, 2.75) is 4.90 Å². The number of carbonyl (C=O) groups is 1. The van der Waals surface area contributed by atoms with Crippen molar-refractivity contribution < 1.29 is 22.0 Å². The minimum atomic E-state index is -3.90. The molecule has 3 aromatic carbocycles. The second kappa shape index (κ2) is 7.71. The Morgan fingerprint density at radius 1 is 1.07 bits per heavy atom. The molecule has 30 heavy (non-hydrogen) atoms. The number of aromatic nitrogens is 1. The number of nitrogens with zero attached hydrogens (tertiary/aromatic N) is 2. The summed E-state index contributed by atoms with van der Waals surface area (Å²) < 4.78 is 53.6. The first kappa shape index (κ1) is 20.3. The molecule has 0 bridgehead atoms. The highest BCUT2D eigenvalue weighted by molar-refractivity contribution is 7.89. The average Bonchev–Trinajstić information content (AvgIpc) is 3.08. The zero-order chi connectivity index (χ0) is 21.5. The average molecular weight is 447 g/mol. The molecule has 0 aliphatic rings. The van der Waals surface area contributed by atoms with Gasteiger partial charge in [-0.1, -0.05) is 41.7 Å². The van der Waals surface area contributed by atoms with Crippen molar-refractivity contribution in [2.75, 3.05) is 18.9 Å². The van der Waals surface area contributed by atoms with E-state index in [1.54, 1.807) is 18.2 Å². The molecular formula is C20H15F2N3O3S2. The fourth-order valence-corrected chi connectivity index (χ4v) is 4.98. The largest absolute Gasteiger partial charge is 0.301 e. The van der Waals surface area contributed by atoms with Gasteiger partial charge in [0, 0.05) is 13.1 Å². The lowest BCUT2D eigenvalue weighted by atomic mass is 10.1. The third kappa shape index (κ3) is 3.89. The molecule has 6 nitrogen and oxygen atoms in total. The Morgan fingerprint density at radius 2 is 1.77 bits per heavy atom. The normalized spacial score (nSPS) is 12.0. The van der Waals surface area contributed by atoms with Gasteiger partial charge in [-0.25, -0.2) is 22.2 Å². The maximum absolute atomic E-state index is 13.3. The molecule has 0 saturated carbocycles. The van der Waals surface area contributed by atoms with Gasteiger partial charge in [0.2, 0.25) is 15.9 Å². The first-order valence-electron chi connectivity index (χ1n) is 8.74. The number of sulfonamides is 1. The Balaban J connectivity index is 1.50. The highest BCUT2D eigenvalue weighted by Crippen LogP contribution is 2.28. The number of amides is 1. The van der Waals surface area contributed by atoms with Crippen LogP contribution in [0.2, 0.25) is 0 Å². The number of anilines is 1. The number of halogens is 2. The van der Waals surface area contributed by atoms with Crippen molar-refractivity contribution in [3.63, 3.8) is 0 Å². The van der Waals surface area contributed by atoms with Crippen LogP contribution in [-0.4, -0.2) is 37.2 Å². The van der Waals surface area contributed by atoms with E-state index >= 15 is 0 Å². The molecular weight excluding hydrogens is 432 g/mol. The summed E-state index contributed by atoms with van der Waals surface area (Å²) in [7, 11) is -2.60. The number of thiazole rings is 1. The second-order valence-electron chi connectivity index (χ2n) is 6.57. The molecule has 4 rings (SSSR count). The van der Waals surface area contributed by atoms with E-state index in [1.165, 1.54) is 13.1 Å². The summed E-state index contributed by atoms with van der Waals surface area (Å²) in [6.07, 6.45) is 0. The number of hydrogen-bond donors (Lipinski definition) is 1. The summed E-state index contributed by atoms with van der Waals surface area (Å²) in [5, 5.41) is 4.27. The third-order valence-corrected chi connectivity index (χ3v) is 7.21. The standard InChI is InChI=1S/C20H15F2N3O3S2/c1-25(30(27,28)14-7-6-12-4-2-3-5-13(12)8-14)11-19(26)24-20-23-17-9-15(21)16(22)10-18(17)29-20/h2-10H,11H2,1H3,(H,23,24,26). The summed E-state index contributed by atoms with van der Waals surface area (Å²) in [5.74, 6) is -2.67. The van der Waals surface area contributed by atoms with Gasteiger partial charge in [0.15, 0.2) is 16.8 Å². The van der Waals surface area contributed by atoms with Crippen molar-refractivity contribution in [1.82, 2.24) is 9.29 Å². The van der Waals surface area contributed by atoms with Crippen molar-refractivity contribution in [3.05, 3.63) is 66.2 Å². The van der Waals surface area contributed by atoms with Crippen LogP contribution in [0.15, 0.2) is 59.5 Å². The Morgan fingerprint density at radius 3 is 2.53 bits per heavy atom. The maximum atomic E-state index is 13.3. The van der Waals surface area contributed by atoms with E-state index in [-0.39, 0.29) is 15.5 Å². The van der Waals surface area contributed by atoms with Crippen LogP contribution >= 0.6 is 11.3 Å². The summed E-state index contributed by atoms with van der Waals surface area (Å²) in [6.45, 7) is -0.451. The number of hydrogen-bond acceptors (Lipinski definition) is 5. The minimum absolute atomic E-state index is 0.0717. The zero-order valence-corrected chi connectivity index (χ0v) is 17.2. The molecule has 0 aliphatic carbocycles. The van der Waals surface area contributed by atoms with Gasteiger partial charge in [-0.3, -0.25) is 4.79 Å². The van der Waals surface area contributed by atoms with Crippen LogP contribution < -0.4 is 5.32 Å². The molecule has 1 heterocycles. The van der Waals surface area contributed by atoms with Gasteiger partial charge >= 0.3 is 0 Å². The summed E-state index contributed by atoms with van der Waals surface area (Å²) in [5.41, 5.74) is 0.200. The molecule has 0 atom stereocenters.